The molecule has 0 aromatic heterocycles. The van der Waals surface area contributed by atoms with Crippen molar-refractivity contribution in [1.82, 2.24) is 0 Å². The molecule has 0 fully saturated rings. The largest absolute Gasteiger partial charge is 0.311 e. The monoisotopic (exact) mass is 587 g/mol. The van der Waals surface area contributed by atoms with Crippen molar-refractivity contribution in [3.05, 3.63) is 186 Å². The zero-order valence-electron chi connectivity index (χ0n) is 26.2. The van der Waals surface area contributed by atoms with Gasteiger partial charge in [0.25, 0.3) is 0 Å². The number of rotatable bonds is 9. The third kappa shape index (κ3) is 6.18. The van der Waals surface area contributed by atoms with Crippen LogP contribution in [-0.4, -0.2) is 9.52 Å². The number of hydrogen-bond acceptors (Lipinski definition) is 1. The van der Waals surface area contributed by atoms with Gasteiger partial charge in [-0.05, 0) is 58.7 Å². The molecule has 0 aliphatic heterocycles. The third-order valence-electron chi connectivity index (χ3n) is 9.13. The summed E-state index contributed by atoms with van der Waals surface area (Å²) in [5, 5.41) is 2.91. The first kappa shape index (κ1) is 29.4. The second kappa shape index (κ2) is 12.5. The van der Waals surface area contributed by atoms with Gasteiger partial charge < -0.3 is 4.90 Å². The van der Waals surface area contributed by atoms with E-state index in [2.05, 4.69) is 196 Å². The summed E-state index contributed by atoms with van der Waals surface area (Å²) in [7, 11) is -0.512. The minimum atomic E-state index is -0.512. The highest BCUT2D eigenvalue weighted by molar-refractivity contribution is 6.67. The maximum atomic E-state index is 2.38. The molecule has 0 N–H and O–H groups in total. The first-order valence-electron chi connectivity index (χ1n) is 15.6. The smallest absolute Gasteiger partial charge is 0.0875 e. The summed E-state index contributed by atoms with van der Waals surface area (Å²) >= 11 is 0. The third-order valence-corrected chi connectivity index (χ3v) is 10.9. The van der Waals surface area contributed by atoms with Gasteiger partial charge >= 0.3 is 0 Å². The Labute approximate surface area is 265 Å². The standard InChI is InChI=1S/C42H41NSi/c1-41(2,32-14-8-5-9-15-32)34-20-24-36(25-21-34)43(38-28-30-40(31-29-38)44-39-18-12-7-13-19-39)37-26-22-35(23-27-37)42(3,4)33-16-10-6-11-17-33/h5-31H,44H2,1-4H3. The Bertz CT molecular complexity index is 1680. The molecule has 6 aromatic carbocycles. The summed E-state index contributed by atoms with van der Waals surface area (Å²) in [5.74, 6) is 0. The van der Waals surface area contributed by atoms with Crippen LogP contribution < -0.4 is 15.3 Å². The molecule has 0 atom stereocenters. The predicted octanol–water partition coefficient (Wildman–Crippen LogP) is 8.93. The van der Waals surface area contributed by atoms with E-state index in [4.69, 9.17) is 0 Å². The molecule has 0 spiro atoms. The van der Waals surface area contributed by atoms with E-state index < -0.39 is 9.52 Å². The highest BCUT2D eigenvalue weighted by atomic mass is 28.2. The molecule has 218 valence electrons. The van der Waals surface area contributed by atoms with Gasteiger partial charge in [0.1, 0.15) is 0 Å². The van der Waals surface area contributed by atoms with Crippen LogP contribution in [0.1, 0.15) is 49.9 Å². The molecule has 0 amide bonds. The molecule has 1 nitrogen and oxygen atoms in total. The molecule has 6 aromatic rings. The van der Waals surface area contributed by atoms with E-state index >= 15 is 0 Å². The van der Waals surface area contributed by atoms with Crippen molar-refractivity contribution in [2.24, 2.45) is 0 Å². The van der Waals surface area contributed by atoms with Gasteiger partial charge in [0.2, 0.25) is 0 Å². The van der Waals surface area contributed by atoms with E-state index in [9.17, 15) is 0 Å². The van der Waals surface area contributed by atoms with Crippen molar-refractivity contribution < 1.29 is 0 Å². The Balaban J connectivity index is 1.35. The molecule has 0 heterocycles. The van der Waals surface area contributed by atoms with Crippen molar-refractivity contribution in [2.75, 3.05) is 4.90 Å². The normalized spacial score (nSPS) is 12.0. The van der Waals surface area contributed by atoms with Gasteiger partial charge in [0.05, 0.1) is 9.52 Å². The van der Waals surface area contributed by atoms with Crippen LogP contribution in [0.3, 0.4) is 0 Å². The Morgan fingerprint density at radius 3 is 1.02 bits per heavy atom. The summed E-state index contributed by atoms with van der Waals surface area (Å²) in [4.78, 5) is 2.38. The maximum Gasteiger partial charge on any atom is 0.0875 e. The molecular formula is C42H41NSi. The zero-order valence-corrected chi connectivity index (χ0v) is 27.7. The molecule has 0 aliphatic carbocycles. The lowest BCUT2D eigenvalue weighted by atomic mass is 9.78. The van der Waals surface area contributed by atoms with Crippen molar-refractivity contribution in [1.29, 1.82) is 0 Å². The van der Waals surface area contributed by atoms with E-state index in [0.717, 1.165) is 11.4 Å². The summed E-state index contributed by atoms with van der Waals surface area (Å²) < 4.78 is 0. The summed E-state index contributed by atoms with van der Waals surface area (Å²) in [6.45, 7) is 9.21. The Morgan fingerprint density at radius 2 is 0.636 bits per heavy atom. The molecule has 6 rings (SSSR count). The summed E-state index contributed by atoms with van der Waals surface area (Å²) in [6, 6.07) is 59.9. The number of nitrogens with zero attached hydrogens (tertiary/aromatic N) is 1. The fourth-order valence-electron chi connectivity index (χ4n) is 6.14. The molecule has 0 radical (unpaired) electrons. The number of hydrogen-bond donors (Lipinski definition) is 0. The second-order valence-electron chi connectivity index (χ2n) is 12.7. The SMILES string of the molecule is CC(C)(c1ccccc1)c1ccc(N(c2ccc([SiH2]c3ccccc3)cc2)c2ccc(C(C)(C)c3ccccc3)cc2)cc1. The molecule has 44 heavy (non-hydrogen) atoms. The zero-order chi connectivity index (χ0) is 30.6. The average Bonchev–Trinajstić information content (AvgIpc) is 3.07. The topological polar surface area (TPSA) is 3.24 Å². The molecule has 0 bridgehead atoms. The Morgan fingerprint density at radius 1 is 0.341 bits per heavy atom. The van der Waals surface area contributed by atoms with Crippen LogP contribution in [-0.2, 0) is 10.8 Å². The van der Waals surface area contributed by atoms with E-state index in [-0.39, 0.29) is 10.8 Å². The lowest BCUT2D eigenvalue weighted by Gasteiger charge is -2.30. The van der Waals surface area contributed by atoms with Crippen LogP contribution in [0.4, 0.5) is 17.1 Å². The second-order valence-corrected chi connectivity index (χ2v) is 14.7. The highest BCUT2D eigenvalue weighted by Crippen LogP contribution is 2.39. The van der Waals surface area contributed by atoms with Crippen molar-refractivity contribution >= 4 is 37.0 Å². The van der Waals surface area contributed by atoms with Crippen LogP contribution in [0.25, 0.3) is 0 Å². The molecule has 0 saturated heterocycles. The predicted molar refractivity (Wildman–Crippen MR) is 193 cm³/mol. The van der Waals surface area contributed by atoms with E-state index in [1.807, 2.05) is 0 Å². The summed E-state index contributed by atoms with van der Waals surface area (Å²) in [5.41, 5.74) is 8.55. The van der Waals surface area contributed by atoms with Crippen LogP contribution in [0.5, 0.6) is 0 Å². The van der Waals surface area contributed by atoms with E-state index in [1.165, 1.54) is 38.3 Å². The van der Waals surface area contributed by atoms with Gasteiger partial charge in [0, 0.05) is 27.9 Å². The van der Waals surface area contributed by atoms with Gasteiger partial charge in [-0.2, -0.15) is 0 Å². The molecular weight excluding hydrogens is 547 g/mol. The first-order chi connectivity index (χ1) is 21.3. The van der Waals surface area contributed by atoms with E-state index in [0.29, 0.717) is 0 Å². The van der Waals surface area contributed by atoms with E-state index in [1.54, 1.807) is 0 Å². The van der Waals surface area contributed by atoms with Gasteiger partial charge in [-0.25, -0.2) is 0 Å². The van der Waals surface area contributed by atoms with Gasteiger partial charge in [0.15, 0.2) is 0 Å². The fourth-order valence-corrected chi connectivity index (χ4v) is 7.59. The van der Waals surface area contributed by atoms with Gasteiger partial charge in [-0.15, -0.1) is 0 Å². The first-order valence-corrected chi connectivity index (χ1v) is 17.0. The van der Waals surface area contributed by atoms with Crippen LogP contribution in [0.15, 0.2) is 164 Å². The van der Waals surface area contributed by atoms with Gasteiger partial charge in [-0.1, -0.05) is 165 Å². The molecule has 2 heteroatoms. The lowest BCUT2D eigenvalue weighted by Crippen LogP contribution is -2.26. The number of anilines is 3. The van der Waals surface area contributed by atoms with Crippen LogP contribution >= 0.6 is 0 Å². The minimum Gasteiger partial charge on any atom is -0.311 e. The lowest BCUT2D eigenvalue weighted by molar-refractivity contribution is 0.641. The molecule has 0 unspecified atom stereocenters. The highest BCUT2D eigenvalue weighted by Gasteiger charge is 2.25. The Hall–Kier alpha value is -4.66. The average molecular weight is 588 g/mol. The van der Waals surface area contributed by atoms with Crippen molar-refractivity contribution in [2.45, 2.75) is 38.5 Å². The fraction of sp³-hybridized carbons (Fsp3) is 0.143. The minimum absolute atomic E-state index is 0.0843. The maximum absolute atomic E-state index is 2.38. The molecule has 0 saturated carbocycles. The quantitative estimate of drug-likeness (QED) is 0.153. The van der Waals surface area contributed by atoms with Crippen LogP contribution in [0, 0.1) is 0 Å². The van der Waals surface area contributed by atoms with Crippen LogP contribution in [0.2, 0.25) is 0 Å². The number of benzene rings is 6. The Kier molecular flexibility index (Phi) is 8.37. The molecule has 0 aliphatic rings. The van der Waals surface area contributed by atoms with Crippen molar-refractivity contribution in [3.63, 3.8) is 0 Å². The van der Waals surface area contributed by atoms with Gasteiger partial charge in [-0.3, -0.25) is 0 Å². The summed E-state index contributed by atoms with van der Waals surface area (Å²) in [6.07, 6.45) is 0. The van der Waals surface area contributed by atoms with Crippen molar-refractivity contribution in [3.8, 4) is 0 Å².